The van der Waals surface area contributed by atoms with Gasteiger partial charge in [-0.25, -0.2) is 29.0 Å². The second kappa shape index (κ2) is 42.8. The molecule has 1 fully saturated rings. The molecule has 1 saturated carbocycles. The van der Waals surface area contributed by atoms with Crippen LogP contribution in [0.5, 0.6) is 5.75 Å². The number of hydrogen-bond donors (Lipinski definition) is 5. The highest BCUT2D eigenvalue weighted by Gasteiger charge is 2.51. The molecule has 6 aliphatic carbocycles. The summed E-state index contributed by atoms with van der Waals surface area (Å²) in [4.78, 5) is 72.7. The number of rotatable bonds is 22. The van der Waals surface area contributed by atoms with Gasteiger partial charge in [-0.3, -0.25) is 10.1 Å². The zero-order chi connectivity index (χ0) is 103. The van der Waals surface area contributed by atoms with Crippen molar-refractivity contribution in [1.82, 2.24) is 0 Å². The molecule has 16 nitrogen and oxygen atoms in total. The first kappa shape index (κ1) is 109. The van der Waals surface area contributed by atoms with Crippen molar-refractivity contribution in [2.45, 2.75) is 319 Å². The fraction of sp³-hybridized carbons (Fsp3) is 0.431. The fourth-order valence-corrected chi connectivity index (χ4v) is 20.6. The van der Waals surface area contributed by atoms with E-state index in [1.54, 1.807) is 62.4 Å². The Morgan fingerprint density at radius 1 is 0.482 bits per heavy atom. The molecule has 14 rings (SSSR count). The Balaban J connectivity index is 0.000000181. The van der Waals surface area contributed by atoms with Crippen molar-refractivity contribution < 1.29 is 59.2 Å². The van der Waals surface area contributed by atoms with Crippen LogP contribution < -0.4 is 9.64 Å². The number of non-ortho nitro benzene ring substituents is 1. The molecular weight excluding hydrogens is 1730 g/mol. The molecule has 0 saturated heterocycles. The van der Waals surface area contributed by atoms with Crippen LogP contribution in [0, 0.1) is 28.4 Å². The molecule has 1 aliphatic heterocycles. The van der Waals surface area contributed by atoms with E-state index in [2.05, 4.69) is 250 Å². The number of nitro groups is 1. The molecular formula is C123H153N3O13. The first-order chi connectivity index (χ1) is 64.6. The topological polar surface area (TPSA) is 254 Å². The maximum atomic E-state index is 11.5. The van der Waals surface area contributed by atoms with Crippen molar-refractivity contribution in [2.24, 2.45) is 16.3 Å². The van der Waals surface area contributed by atoms with Crippen LogP contribution in [0.4, 0.5) is 22.7 Å². The number of carboxylic acid groups (broad SMARTS) is 5. The quantitative estimate of drug-likeness (QED) is 0.0183. The van der Waals surface area contributed by atoms with Gasteiger partial charge in [0, 0.05) is 54.1 Å². The molecule has 0 aromatic heterocycles. The van der Waals surface area contributed by atoms with E-state index < -0.39 is 34.8 Å². The van der Waals surface area contributed by atoms with Gasteiger partial charge in [0.15, 0.2) is 0 Å². The molecule has 7 aromatic rings. The number of nitro benzene ring substituents is 1. The third-order valence-electron chi connectivity index (χ3n) is 30.5. The Labute approximate surface area is 828 Å². The number of aromatic carboxylic acids is 2. The van der Waals surface area contributed by atoms with Gasteiger partial charge in [0.25, 0.3) is 5.69 Å². The lowest BCUT2D eigenvalue weighted by molar-refractivity contribution is -0.384. The monoisotopic (exact) mass is 1880 g/mol. The smallest absolute Gasteiger partial charge is 0.335 e. The normalized spacial score (nSPS) is 20.3. The SMILES string of the molecule is C=C(c1ccc(C(=O)O)cc1)c1cc2c(cc1C)C(C)(C)CCC2(C)C.CC(/C=C/[C@@H]1C[C@]1(C)c1ccc2c(c1)C(C)(C)CCC2(C)C)=C\C(=O)O.CC1=C(/C=C/C(C)=C\C=C\C(C)=C\C(=O)O)C(C)(C)CCC1.CCCOc1cc2c(cc1\C(C)=C/C=C/C(C)=C/C(=O)O)C(C)(C)CCC2(C)C.CN1c2ccc([N+](=O)[O-])cc2N=C(c2ccc(C(=O)O)cc2)c2cc3c(cc21)C(C)(C)CCC3(C)C. The van der Waals surface area contributed by atoms with Gasteiger partial charge in [-0.15, -0.1) is 0 Å². The molecule has 0 spiro atoms. The summed E-state index contributed by atoms with van der Waals surface area (Å²) in [6, 6.07) is 39.2. The zero-order valence-corrected chi connectivity index (χ0v) is 88.1. The van der Waals surface area contributed by atoms with Gasteiger partial charge in [0.1, 0.15) is 5.75 Å². The van der Waals surface area contributed by atoms with Crippen molar-refractivity contribution >= 4 is 69.5 Å². The highest BCUT2D eigenvalue weighted by molar-refractivity contribution is 6.19. The number of aliphatic imine (C=N–C) groups is 1. The van der Waals surface area contributed by atoms with E-state index in [0.29, 0.717) is 35.1 Å². The summed E-state index contributed by atoms with van der Waals surface area (Å²) in [6.07, 6.45) is 38.8. The van der Waals surface area contributed by atoms with Crippen LogP contribution in [0.25, 0.3) is 11.1 Å². The Morgan fingerprint density at radius 2 is 0.921 bits per heavy atom. The van der Waals surface area contributed by atoms with Crippen molar-refractivity contribution in [2.75, 3.05) is 18.6 Å². The highest BCUT2D eigenvalue weighted by Crippen LogP contribution is 2.58. The summed E-state index contributed by atoms with van der Waals surface area (Å²) in [5.74, 6) is -3.20. The maximum absolute atomic E-state index is 11.5. The maximum Gasteiger partial charge on any atom is 0.335 e. The van der Waals surface area contributed by atoms with Gasteiger partial charge in [-0.2, -0.15) is 0 Å². The van der Waals surface area contributed by atoms with E-state index in [0.717, 1.165) is 98.5 Å². The zero-order valence-electron chi connectivity index (χ0n) is 88.1. The van der Waals surface area contributed by atoms with Crippen LogP contribution in [-0.4, -0.2) is 79.7 Å². The van der Waals surface area contributed by atoms with Gasteiger partial charge < -0.3 is 35.2 Å². The molecule has 0 radical (unpaired) electrons. The van der Waals surface area contributed by atoms with Crippen molar-refractivity contribution in [3.8, 4) is 5.75 Å². The van der Waals surface area contributed by atoms with E-state index >= 15 is 0 Å². The number of aryl methyl sites for hydroxylation is 1. The second-order valence-electron chi connectivity index (χ2n) is 45.9. The van der Waals surface area contributed by atoms with Crippen LogP contribution in [0.15, 0.2) is 245 Å². The Morgan fingerprint density at radius 3 is 1.40 bits per heavy atom. The highest BCUT2D eigenvalue weighted by atomic mass is 16.6. The van der Waals surface area contributed by atoms with Gasteiger partial charge in [0.2, 0.25) is 0 Å². The lowest BCUT2D eigenvalue weighted by Crippen LogP contribution is -2.34. The predicted molar refractivity (Wildman–Crippen MR) is 573 cm³/mol. The van der Waals surface area contributed by atoms with Gasteiger partial charge in [-0.05, 0) is 347 Å². The number of carboxylic acids is 5. The minimum atomic E-state index is -0.997. The number of carbonyl (C=O) groups is 5. The van der Waals surface area contributed by atoms with Gasteiger partial charge in [0.05, 0.1) is 45.4 Å². The predicted octanol–water partition coefficient (Wildman–Crippen LogP) is 31.3. The third-order valence-corrected chi connectivity index (χ3v) is 30.5. The Kier molecular flexibility index (Phi) is 33.5. The first-order valence-electron chi connectivity index (χ1n) is 49.4. The average Bonchev–Trinajstić information content (AvgIpc) is 1.59. The third kappa shape index (κ3) is 26.1. The molecule has 0 amide bonds. The summed E-state index contributed by atoms with van der Waals surface area (Å²) >= 11 is 0. The number of nitrogens with zero attached hydrogens (tertiary/aromatic N) is 3. The first-order valence-corrected chi connectivity index (χ1v) is 49.4. The molecule has 0 bridgehead atoms. The Bertz CT molecular complexity index is 6280. The van der Waals surface area contributed by atoms with Crippen molar-refractivity contribution in [3.63, 3.8) is 0 Å². The number of ether oxygens (including phenoxy) is 1. The van der Waals surface area contributed by atoms with Crippen LogP contribution in [0.1, 0.15) is 368 Å². The average molecular weight is 1880 g/mol. The fourth-order valence-electron chi connectivity index (χ4n) is 20.6. The molecule has 0 unspecified atom stereocenters. The standard InChI is InChI=1S/C29H29N3O4.C26H36O3.C24H28O2.C24H32O2.C20H28O2/c1-28(2)12-13-29(3,4)22-16-25-20(15-21(22)28)26(17-6-8-18(9-7-17)27(33)34)30-23-14-19(32(35)36)10-11-24(23)31(25)5;1-8-14-29-23-17-22-21(25(4,5)12-13-26(22,6)7)16-20(23)19(3)11-9-10-18(2)15-24(27)28;1-15-13-20-21(24(5,6)12-11-23(20,3)4)14-19(15)16(2)17-7-9-18(10-8-17)22(25)26;1-16(13-21(25)26)7-8-18-15-24(18,6)17-9-10-19-20(14-17)23(4,5)12-11-22(19,2)3;1-15(8-6-9-16(2)14-19(21)22)11-12-18-17(3)10-7-13-20(18,4)5/h6-11,14-16H,12-13H2,1-5H3,(H,33,34);9-11,15-17H,8,12-14H2,1-7H3,(H,27,28);7-10,13-14H,2,11-12H2,1,3-6H3,(H,25,26);7-10,13-14,18H,11-12,15H2,1-6H3,(H,25,26);6,8-9,11-12,14H,7,10,13H2,1-5H3,(H,21,22)/b;10-9+,18-15+,19-11-;;8-7+,16-13+;9-6+,12-11+,15-8-,16-14+/t;;;18-,24-;/m...1./s1. The van der Waals surface area contributed by atoms with Crippen molar-refractivity contribution in [3.05, 3.63) is 345 Å². The number of allylic oxidation sites excluding steroid dienone is 17. The van der Waals surface area contributed by atoms with Crippen LogP contribution >= 0.6 is 0 Å². The number of aliphatic carboxylic acids is 3. The van der Waals surface area contributed by atoms with Gasteiger partial charge >= 0.3 is 29.8 Å². The molecule has 7 aliphatic rings. The molecule has 5 N–H and O–H groups in total. The number of hydrogen-bond acceptors (Lipinski definition) is 10. The van der Waals surface area contributed by atoms with E-state index in [1.165, 1.54) is 155 Å². The summed E-state index contributed by atoms with van der Waals surface area (Å²) < 4.78 is 6.16. The van der Waals surface area contributed by atoms with E-state index in [-0.39, 0.29) is 65.4 Å². The largest absolute Gasteiger partial charge is 0.493 e. The lowest BCUT2D eigenvalue weighted by atomic mass is 9.62. The lowest BCUT2D eigenvalue weighted by Gasteiger charge is -2.43. The van der Waals surface area contributed by atoms with Crippen LogP contribution in [0.3, 0.4) is 0 Å². The minimum Gasteiger partial charge on any atom is -0.493 e. The summed E-state index contributed by atoms with van der Waals surface area (Å²) in [5.41, 5.74) is 32.1. The molecule has 2 atom stereocenters. The van der Waals surface area contributed by atoms with E-state index in [4.69, 9.17) is 30.2 Å². The number of anilines is 2. The molecule has 139 heavy (non-hydrogen) atoms. The Hall–Kier alpha value is -12.3. The molecule has 1 heterocycles. The molecule has 738 valence electrons. The minimum absolute atomic E-state index is 0.00573. The molecule has 16 heteroatoms. The molecule has 7 aromatic carbocycles. The van der Waals surface area contributed by atoms with Crippen molar-refractivity contribution in [1.29, 1.82) is 0 Å². The number of fused-ring (bicyclic) bond motifs is 6. The van der Waals surface area contributed by atoms with Crippen LogP contribution in [-0.2, 0) is 63.1 Å². The van der Waals surface area contributed by atoms with Crippen LogP contribution in [0.2, 0.25) is 0 Å². The number of benzene rings is 7. The summed E-state index contributed by atoms with van der Waals surface area (Å²) in [7, 11) is 1.96. The van der Waals surface area contributed by atoms with E-state index in [1.807, 2.05) is 62.6 Å². The summed E-state index contributed by atoms with van der Waals surface area (Å²) in [5, 5.41) is 56.3. The summed E-state index contributed by atoms with van der Waals surface area (Å²) in [6.45, 7) is 65.2. The van der Waals surface area contributed by atoms with E-state index in [9.17, 15) is 39.2 Å². The second-order valence-corrected chi connectivity index (χ2v) is 45.9. The van der Waals surface area contributed by atoms with Gasteiger partial charge in [-0.1, -0.05) is 272 Å².